The summed E-state index contributed by atoms with van der Waals surface area (Å²) in [6, 6.07) is 10.1. The van der Waals surface area contributed by atoms with Gasteiger partial charge in [-0.2, -0.15) is 13.2 Å². The quantitative estimate of drug-likeness (QED) is 0.589. The molecule has 3 nitrogen and oxygen atoms in total. The van der Waals surface area contributed by atoms with Gasteiger partial charge in [-0.15, -0.1) is 0 Å². The molecule has 0 spiro atoms. The van der Waals surface area contributed by atoms with Gasteiger partial charge >= 0.3 is 6.18 Å². The average molecular weight is 389 g/mol. The second kappa shape index (κ2) is 6.77. The first-order chi connectivity index (χ1) is 11.8. The third kappa shape index (κ3) is 4.02. The van der Waals surface area contributed by atoms with Gasteiger partial charge in [0.05, 0.1) is 28.2 Å². The SMILES string of the molecule is COc1ccc(Cn2c(CC(F)(F)F)nc3cc(Cl)c(Cl)cc32)cc1. The number of ether oxygens (including phenoxy) is 1. The van der Waals surface area contributed by atoms with Crippen molar-refractivity contribution in [3.63, 3.8) is 0 Å². The van der Waals surface area contributed by atoms with E-state index in [1.165, 1.54) is 16.7 Å². The highest BCUT2D eigenvalue weighted by Gasteiger charge is 2.31. The van der Waals surface area contributed by atoms with Crippen molar-refractivity contribution in [1.82, 2.24) is 9.55 Å². The molecule has 3 aromatic rings. The fourth-order valence-corrected chi connectivity index (χ4v) is 2.89. The van der Waals surface area contributed by atoms with Crippen molar-refractivity contribution in [1.29, 1.82) is 0 Å². The zero-order valence-electron chi connectivity index (χ0n) is 13.1. The van der Waals surface area contributed by atoms with Crippen LogP contribution in [0.15, 0.2) is 36.4 Å². The van der Waals surface area contributed by atoms with Crippen LogP contribution in [-0.4, -0.2) is 22.8 Å². The molecular formula is C17H13Cl2F3N2O. The van der Waals surface area contributed by atoms with Crippen LogP contribution in [0.4, 0.5) is 13.2 Å². The number of benzene rings is 2. The number of alkyl halides is 3. The van der Waals surface area contributed by atoms with Crippen LogP contribution in [0.25, 0.3) is 11.0 Å². The molecular weight excluding hydrogens is 376 g/mol. The Morgan fingerprint density at radius 2 is 1.72 bits per heavy atom. The van der Waals surface area contributed by atoms with Gasteiger partial charge in [0.2, 0.25) is 0 Å². The minimum Gasteiger partial charge on any atom is -0.497 e. The summed E-state index contributed by atoms with van der Waals surface area (Å²) in [6.45, 7) is 0.226. The van der Waals surface area contributed by atoms with E-state index in [0.29, 0.717) is 16.8 Å². The van der Waals surface area contributed by atoms with Crippen LogP contribution >= 0.6 is 23.2 Å². The smallest absolute Gasteiger partial charge is 0.396 e. The summed E-state index contributed by atoms with van der Waals surface area (Å²) < 4.78 is 45.4. The molecule has 0 bridgehead atoms. The summed E-state index contributed by atoms with van der Waals surface area (Å²) in [5.74, 6) is 0.584. The number of hydrogen-bond donors (Lipinski definition) is 0. The van der Waals surface area contributed by atoms with E-state index in [1.54, 1.807) is 31.4 Å². The molecule has 0 fully saturated rings. The topological polar surface area (TPSA) is 27.1 Å². The number of fused-ring (bicyclic) bond motifs is 1. The van der Waals surface area contributed by atoms with E-state index in [1.807, 2.05) is 0 Å². The summed E-state index contributed by atoms with van der Waals surface area (Å²) in [4.78, 5) is 4.11. The molecule has 0 atom stereocenters. The lowest BCUT2D eigenvalue weighted by Gasteiger charge is -2.12. The zero-order chi connectivity index (χ0) is 18.2. The van der Waals surface area contributed by atoms with Gasteiger partial charge in [-0.25, -0.2) is 4.98 Å². The Morgan fingerprint density at radius 3 is 2.32 bits per heavy atom. The molecule has 1 heterocycles. The molecule has 0 saturated carbocycles. The van der Waals surface area contributed by atoms with E-state index >= 15 is 0 Å². The summed E-state index contributed by atoms with van der Waals surface area (Å²) in [5.41, 5.74) is 1.70. The summed E-state index contributed by atoms with van der Waals surface area (Å²) in [6.07, 6.45) is -5.50. The number of imidazole rings is 1. The second-order valence-corrected chi connectivity index (χ2v) is 6.32. The van der Waals surface area contributed by atoms with E-state index in [-0.39, 0.29) is 22.4 Å². The third-order valence-corrected chi connectivity index (χ3v) is 4.45. The van der Waals surface area contributed by atoms with Gasteiger partial charge in [0, 0.05) is 6.54 Å². The highest BCUT2D eigenvalue weighted by molar-refractivity contribution is 6.42. The Labute approximate surface area is 151 Å². The van der Waals surface area contributed by atoms with Crippen molar-refractivity contribution in [2.45, 2.75) is 19.1 Å². The first kappa shape index (κ1) is 17.9. The number of methoxy groups -OCH3 is 1. The largest absolute Gasteiger partial charge is 0.497 e. The van der Waals surface area contributed by atoms with Crippen LogP contribution in [0.1, 0.15) is 11.4 Å². The fourth-order valence-electron chi connectivity index (χ4n) is 2.57. The van der Waals surface area contributed by atoms with Crippen LogP contribution in [0, 0.1) is 0 Å². The molecule has 0 saturated heterocycles. The van der Waals surface area contributed by atoms with Crippen molar-refractivity contribution < 1.29 is 17.9 Å². The summed E-state index contributed by atoms with van der Waals surface area (Å²) in [5, 5.41) is 0.519. The molecule has 0 radical (unpaired) electrons. The molecule has 0 aliphatic carbocycles. The van der Waals surface area contributed by atoms with Gasteiger partial charge in [-0.05, 0) is 29.8 Å². The first-order valence-electron chi connectivity index (χ1n) is 7.30. The predicted molar refractivity (Wildman–Crippen MR) is 91.6 cm³/mol. The van der Waals surface area contributed by atoms with Crippen molar-refractivity contribution in [2.24, 2.45) is 0 Å². The van der Waals surface area contributed by atoms with Crippen LogP contribution in [0.5, 0.6) is 5.75 Å². The molecule has 8 heteroatoms. The van der Waals surface area contributed by atoms with Crippen molar-refractivity contribution >= 4 is 34.2 Å². The molecule has 1 aromatic heterocycles. The lowest BCUT2D eigenvalue weighted by molar-refractivity contribution is -0.128. The fraction of sp³-hybridized carbons (Fsp3) is 0.235. The van der Waals surface area contributed by atoms with E-state index < -0.39 is 12.6 Å². The van der Waals surface area contributed by atoms with Crippen molar-refractivity contribution in [2.75, 3.05) is 7.11 Å². The third-order valence-electron chi connectivity index (χ3n) is 3.73. The van der Waals surface area contributed by atoms with Crippen molar-refractivity contribution in [3.8, 4) is 5.75 Å². The average Bonchev–Trinajstić information content (AvgIpc) is 2.83. The molecule has 0 aliphatic rings. The summed E-state index contributed by atoms with van der Waals surface area (Å²) in [7, 11) is 1.55. The number of nitrogens with zero attached hydrogens (tertiary/aromatic N) is 2. The van der Waals surface area contributed by atoms with Crippen molar-refractivity contribution in [3.05, 3.63) is 57.8 Å². The lowest BCUT2D eigenvalue weighted by Crippen LogP contribution is -2.16. The maximum absolute atomic E-state index is 12.9. The minimum absolute atomic E-state index is 0.0864. The van der Waals surface area contributed by atoms with E-state index in [4.69, 9.17) is 27.9 Å². The Bertz CT molecular complexity index is 905. The van der Waals surface area contributed by atoms with Gasteiger partial charge in [0.1, 0.15) is 18.0 Å². The molecule has 2 aromatic carbocycles. The molecule has 0 amide bonds. The standard InChI is InChI=1S/C17H13Cl2F3N2O/c1-25-11-4-2-10(3-5-11)9-24-15-7-13(19)12(18)6-14(15)23-16(24)8-17(20,21)22/h2-7H,8-9H2,1H3. The van der Waals surface area contributed by atoms with Gasteiger partial charge < -0.3 is 9.30 Å². The number of rotatable bonds is 4. The first-order valence-corrected chi connectivity index (χ1v) is 8.06. The van der Waals surface area contributed by atoms with E-state index in [2.05, 4.69) is 4.98 Å². The van der Waals surface area contributed by atoms with Crippen LogP contribution in [-0.2, 0) is 13.0 Å². The van der Waals surface area contributed by atoms with Gasteiger partial charge in [-0.1, -0.05) is 35.3 Å². The highest BCUT2D eigenvalue weighted by Crippen LogP contribution is 2.31. The zero-order valence-corrected chi connectivity index (χ0v) is 14.6. The predicted octanol–water partition coefficient (Wildman–Crippen LogP) is 5.50. The number of halogens is 5. The maximum Gasteiger partial charge on any atom is 0.396 e. The molecule has 0 aliphatic heterocycles. The Morgan fingerprint density at radius 1 is 1.08 bits per heavy atom. The van der Waals surface area contributed by atoms with E-state index in [9.17, 15) is 13.2 Å². The highest BCUT2D eigenvalue weighted by atomic mass is 35.5. The van der Waals surface area contributed by atoms with Crippen LogP contribution in [0.2, 0.25) is 10.0 Å². The Hall–Kier alpha value is -1.92. The molecule has 132 valence electrons. The van der Waals surface area contributed by atoms with Gasteiger partial charge in [0.25, 0.3) is 0 Å². The van der Waals surface area contributed by atoms with Crippen LogP contribution in [0.3, 0.4) is 0 Å². The van der Waals surface area contributed by atoms with Gasteiger partial charge in [-0.3, -0.25) is 0 Å². The summed E-state index contributed by atoms with van der Waals surface area (Å²) >= 11 is 12.0. The molecule has 0 N–H and O–H groups in total. The molecule has 25 heavy (non-hydrogen) atoms. The van der Waals surface area contributed by atoms with E-state index in [0.717, 1.165) is 5.56 Å². The molecule has 3 rings (SSSR count). The Balaban J connectivity index is 2.08. The number of hydrogen-bond acceptors (Lipinski definition) is 2. The lowest BCUT2D eigenvalue weighted by atomic mass is 10.2. The minimum atomic E-state index is -4.37. The molecule has 0 unspecified atom stereocenters. The monoisotopic (exact) mass is 388 g/mol. The Kier molecular flexibility index (Phi) is 4.84. The normalized spacial score (nSPS) is 11.9. The number of aromatic nitrogens is 2. The van der Waals surface area contributed by atoms with Gasteiger partial charge in [0.15, 0.2) is 0 Å². The maximum atomic E-state index is 12.9. The van der Waals surface area contributed by atoms with Crippen LogP contribution < -0.4 is 4.74 Å². The second-order valence-electron chi connectivity index (χ2n) is 5.51.